The number of benzene rings is 3. The number of ether oxygens (including phenoxy) is 1. The lowest BCUT2D eigenvalue weighted by molar-refractivity contribution is -0.127. The first-order chi connectivity index (χ1) is 16.6. The highest BCUT2D eigenvalue weighted by Gasteiger charge is 2.37. The number of nitrogens with zero attached hydrogens (tertiary/aromatic N) is 1. The second-order valence-corrected chi connectivity index (χ2v) is 11.6. The largest absolute Gasteiger partial charge is 0.476 e. The quantitative estimate of drug-likeness (QED) is 0.475. The number of sulfonamides is 2. The zero-order valence-corrected chi connectivity index (χ0v) is 20.6. The Hall–Kier alpha value is -3.57. The van der Waals surface area contributed by atoms with Gasteiger partial charge in [-0.15, -0.1) is 0 Å². The van der Waals surface area contributed by atoms with Crippen LogP contribution < -0.4 is 19.1 Å². The highest BCUT2D eigenvalue weighted by Crippen LogP contribution is 2.37. The van der Waals surface area contributed by atoms with Crippen LogP contribution in [-0.4, -0.2) is 48.2 Å². The maximum absolute atomic E-state index is 13.5. The second kappa shape index (κ2) is 9.96. The van der Waals surface area contributed by atoms with Gasteiger partial charge < -0.3 is 10.1 Å². The van der Waals surface area contributed by atoms with E-state index < -0.39 is 32.1 Å². The molecule has 0 saturated heterocycles. The standard InChI is InChI=1S/C24H25N3O6S2/c1-34(29,30)26-19-11-13-20(14-12-19)35(31,32)27-17-23(33-22-10-6-5-9-21(22)27)24(28)25-16-15-18-7-3-2-4-8-18/h2-14,23,26H,15-17H2,1H3,(H,25,28). The Labute approximate surface area is 204 Å². The normalized spacial score (nSPS) is 15.6. The van der Waals surface area contributed by atoms with E-state index in [4.69, 9.17) is 4.74 Å². The third-order valence-electron chi connectivity index (χ3n) is 5.33. The summed E-state index contributed by atoms with van der Waals surface area (Å²) in [4.78, 5) is 12.8. The molecule has 0 bridgehead atoms. The summed E-state index contributed by atoms with van der Waals surface area (Å²) in [6.07, 6.45) is 0.598. The molecule has 0 saturated carbocycles. The number of hydrogen-bond donors (Lipinski definition) is 2. The summed E-state index contributed by atoms with van der Waals surface area (Å²) in [5.41, 5.74) is 1.63. The number of nitrogens with one attached hydrogen (secondary N) is 2. The van der Waals surface area contributed by atoms with Crippen molar-refractivity contribution in [2.45, 2.75) is 17.4 Å². The van der Waals surface area contributed by atoms with Crippen LogP contribution in [0.2, 0.25) is 0 Å². The smallest absolute Gasteiger partial charge is 0.264 e. The van der Waals surface area contributed by atoms with Crippen molar-refractivity contribution >= 4 is 37.3 Å². The lowest BCUT2D eigenvalue weighted by Gasteiger charge is -2.34. The number of anilines is 2. The van der Waals surface area contributed by atoms with Gasteiger partial charge in [-0.2, -0.15) is 0 Å². The van der Waals surface area contributed by atoms with Gasteiger partial charge in [0, 0.05) is 12.2 Å². The molecule has 184 valence electrons. The molecule has 11 heteroatoms. The molecule has 1 unspecified atom stereocenters. The van der Waals surface area contributed by atoms with Crippen molar-refractivity contribution in [1.29, 1.82) is 0 Å². The molecule has 0 spiro atoms. The SMILES string of the molecule is CS(=O)(=O)Nc1ccc(S(=O)(=O)N2CC(C(=O)NCCc3ccccc3)Oc3ccccc32)cc1. The van der Waals surface area contributed by atoms with Gasteiger partial charge in [0.25, 0.3) is 15.9 Å². The summed E-state index contributed by atoms with van der Waals surface area (Å²) in [6, 6.07) is 21.7. The average molecular weight is 516 g/mol. The first kappa shape index (κ1) is 24.6. The maximum Gasteiger partial charge on any atom is 0.264 e. The Morgan fingerprint density at radius 3 is 2.29 bits per heavy atom. The van der Waals surface area contributed by atoms with E-state index in [1.165, 1.54) is 24.3 Å². The number of carbonyl (C=O) groups excluding carboxylic acids is 1. The number of amides is 1. The molecule has 1 heterocycles. The maximum atomic E-state index is 13.5. The van der Waals surface area contributed by atoms with E-state index >= 15 is 0 Å². The van der Waals surface area contributed by atoms with Crippen molar-refractivity contribution in [3.05, 3.63) is 84.4 Å². The van der Waals surface area contributed by atoms with Crippen molar-refractivity contribution in [3.63, 3.8) is 0 Å². The molecule has 35 heavy (non-hydrogen) atoms. The third-order valence-corrected chi connectivity index (χ3v) is 7.73. The fraction of sp³-hybridized carbons (Fsp3) is 0.208. The minimum absolute atomic E-state index is 0.0449. The van der Waals surface area contributed by atoms with Gasteiger partial charge in [-0.3, -0.25) is 13.8 Å². The predicted molar refractivity (Wildman–Crippen MR) is 133 cm³/mol. The van der Waals surface area contributed by atoms with Crippen LogP contribution in [0.25, 0.3) is 0 Å². The van der Waals surface area contributed by atoms with Crippen molar-refractivity contribution in [2.24, 2.45) is 0 Å². The summed E-state index contributed by atoms with van der Waals surface area (Å²) < 4.78 is 59.2. The fourth-order valence-electron chi connectivity index (χ4n) is 3.69. The molecule has 3 aromatic rings. The van der Waals surface area contributed by atoms with Gasteiger partial charge in [-0.05, 0) is 48.4 Å². The van der Waals surface area contributed by atoms with E-state index in [-0.39, 0.29) is 22.9 Å². The van der Waals surface area contributed by atoms with E-state index in [1.54, 1.807) is 24.3 Å². The third kappa shape index (κ3) is 5.92. The zero-order valence-electron chi connectivity index (χ0n) is 18.9. The Morgan fingerprint density at radius 2 is 1.60 bits per heavy atom. The van der Waals surface area contributed by atoms with E-state index in [2.05, 4.69) is 10.0 Å². The molecule has 0 fully saturated rings. The van der Waals surface area contributed by atoms with E-state index in [9.17, 15) is 21.6 Å². The molecule has 0 radical (unpaired) electrons. The number of rotatable bonds is 8. The molecule has 1 aliphatic rings. The minimum atomic E-state index is -4.07. The van der Waals surface area contributed by atoms with Gasteiger partial charge in [-0.1, -0.05) is 42.5 Å². The van der Waals surface area contributed by atoms with Gasteiger partial charge in [0.2, 0.25) is 10.0 Å². The number of fused-ring (bicyclic) bond motifs is 1. The van der Waals surface area contributed by atoms with Gasteiger partial charge in [0.15, 0.2) is 6.10 Å². The molecular formula is C24H25N3O6S2. The fourth-order valence-corrected chi connectivity index (χ4v) is 5.73. The van der Waals surface area contributed by atoms with Crippen LogP contribution in [0.1, 0.15) is 5.56 Å². The monoisotopic (exact) mass is 515 g/mol. The van der Waals surface area contributed by atoms with Crippen molar-refractivity contribution in [1.82, 2.24) is 5.32 Å². The molecule has 9 nitrogen and oxygen atoms in total. The Morgan fingerprint density at radius 1 is 0.943 bits per heavy atom. The highest BCUT2D eigenvalue weighted by molar-refractivity contribution is 7.93. The van der Waals surface area contributed by atoms with Crippen LogP contribution in [0.4, 0.5) is 11.4 Å². The lowest BCUT2D eigenvalue weighted by Crippen LogP contribution is -2.51. The predicted octanol–water partition coefficient (Wildman–Crippen LogP) is 2.37. The summed E-state index contributed by atoms with van der Waals surface area (Å²) in [5, 5.41) is 2.82. The Balaban J connectivity index is 1.53. The minimum Gasteiger partial charge on any atom is -0.476 e. The van der Waals surface area contributed by atoms with Gasteiger partial charge in [-0.25, -0.2) is 16.8 Å². The second-order valence-electron chi connectivity index (χ2n) is 8.04. The topological polar surface area (TPSA) is 122 Å². The molecule has 1 aliphatic heterocycles. The first-order valence-corrected chi connectivity index (χ1v) is 14.1. The van der Waals surface area contributed by atoms with Crippen LogP contribution >= 0.6 is 0 Å². The Bertz CT molecular complexity index is 1410. The summed E-state index contributed by atoms with van der Waals surface area (Å²) in [5.74, 6) is -0.135. The molecule has 4 rings (SSSR count). The zero-order chi connectivity index (χ0) is 25.1. The van der Waals surface area contributed by atoms with Crippen molar-refractivity contribution in [2.75, 3.05) is 28.4 Å². The van der Waals surface area contributed by atoms with Crippen molar-refractivity contribution in [3.8, 4) is 5.75 Å². The molecule has 3 aromatic carbocycles. The number of para-hydroxylation sites is 2. The van der Waals surface area contributed by atoms with Crippen LogP contribution in [-0.2, 0) is 31.3 Å². The van der Waals surface area contributed by atoms with Crippen LogP contribution in [0, 0.1) is 0 Å². The molecule has 2 N–H and O–H groups in total. The van der Waals surface area contributed by atoms with Crippen molar-refractivity contribution < 1.29 is 26.4 Å². The molecular weight excluding hydrogens is 490 g/mol. The van der Waals surface area contributed by atoms with Gasteiger partial charge in [0.05, 0.1) is 23.4 Å². The molecule has 1 atom stereocenters. The first-order valence-electron chi connectivity index (χ1n) is 10.8. The average Bonchev–Trinajstić information content (AvgIpc) is 2.83. The number of hydrogen-bond acceptors (Lipinski definition) is 6. The van der Waals surface area contributed by atoms with Crippen LogP contribution in [0.5, 0.6) is 5.75 Å². The van der Waals surface area contributed by atoms with Gasteiger partial charge in [0.1, 0.15) is 5.75 Å². The molecule has 1 amide bonds. The molecule has 0 aliphatic carbocycles. The molecule has 0 aromatic heterocycles. The highest BCUT2D eigenvalue weighted by atomic mass is 32.2. The summed E-state index contributed by atoms with van der Waals surface area (Å²) in [6.45, 7) is 0.172. The van der Waals surface area contributed by atoms with E-state index in [0.29, 0.717) is 18.7 Å². The lowest BCUT2D eigenvalue weighted by atomic mass is 10.1. The summed E-state index contributed by atoms with van der Waals surface area (Å²) in [7, 11) is -7.57. The van der Waals surface area contributed by atoms with Crippen LogP contribution in [0.3, 0.4) is 0 Å². The van der Waals surface area contributed by atoms with Crippen LogP contribution in [0.15, 0.2) is 83.8 Å². The van der Waals surface area contributed by atoms with E-state index in [0.717, 1.165) is 16.1 Å². The summed E-state index contributed by atoms with van der Waals surface area (Å²) >= 11 is 0. The van der Waals surface area contributed by atoms with Gasteiger partial charge >= 0.3 is 0 Å². The van der Waals surface area contributed by atoms with E-state index in [1.807, 2.05) is 30.3 Å². The Kier molecular flexibility index (Phi) is 6.99. The number of carbonyl (C=O) groups is 1.